The Balaban J connectivity index is 1.73. The lowest BCUT2D eigenvalue weighted by Gasteiger charge is -2.26. The van der Waals surface area contributed by atoms with Gasteiger partial charge in [0, 0.05) is 30.9 Å². The first-order chi connectivity index (χ1) is 13.0. The molecule has 7 nitrogen and oxygen atoms in total. The highest BCUT2D eigenvalue weighted by molar-refractivity contribution is 6.30. The minimum absolute atomic E-state index is 0.130. The average Bonchev–Trinajstić information content (AvgIpc) is 3.19. The third-order valence-electron chi connectivity index (χ3n) is 5.04. The zero-order valence-corrected chi connectivity index (χ0v) is 16.5. The van der Waals surface area contributed by atoms with Crippen molar-refractivity contribution in [3.05, 3.63) is 45.4 Å². The van der Waals surface area contributed by atoms with Gasteiger partial charge in [-0.15, -0.1) is 0 Å². The number of hydrogen-bond acceptors (Lipinski definition) is 5. The number of aromatic amines is 1. The van der Waals surface area contributed by atoms with Crippen LogP contribution >= 0.6 is 11.6 Å². The molecule has 1 aliphatic rings. The first-order valence-corrected chi connectivity index (χ1v) is 9.66. The van der Waals surface area contributed by atoms with Crippen LogP contribution in [0.3, 0.4) is 0 Å². The third-order valence-corrected chi connectivity index (χ3v) is 5.44. The van der Waals surface area contributed by atoms with Crippen LogP contribution in [0.4, 0.5) is 5.82 Å². The SMILES string of the molecule is Cc1nn(CC(C)C)c(Cl)c1C1CCCN1c1cc2nc[nH]c(=O)c2cn1. The second-order valence-electron chi connectivity index (χ2n) is 7.51. The van der Waals surface area contributed by atoms with Gasteiger partial charge in [0.05, 0.1) is 29.0 Å². The van der Waals surface area contributed by atoms with Crippen molar-refractivity contribution in [2.75, 3.05) is 11.4 Å². The Bertz CT molecular complexity index is 1040. The van der Waals surface area contributed by atoms with E-state index in [9.17, 15) is 4.79 Å². The standard InChI is InChI=1S/C19H23ClN6O/c1-11(2)9-26-18(20)17(12(3)24-26)15-5-4-6-25(15)16-7-14-13(8-21-16)19(27)23-10-22-14/h7-8,10-11,15H,4-6,9H2,1-3H3,(H,22,23,27). The molecule has 27 heavy (non-hydrogen) atoms. The second-order valence-corrected chi connectivity index (χ2v) is 7.87. The molecule has 1 atom stereocenters. The van der Waals surface area contributed by atoms with Gasteiger partial charge in [-0.1, -0.05) is 25.4 Å². The van der Waals surface area contributed by atoms with Crippen molar-refractivity contribution in [3.63, 3.8) is 0 Å². The molecular formula is C19H23ClN6O. The van der Waals surface area contributed by atoms with Crippen LogP contribution in [0.25, 0.3) is 10.9 Å². The molecule has 0 spiro atoms. The number of hydrogen-bond donors (Lipinski definition) is 1. The van der Waals surface area contributed by atoms with Crippen molar-refractivity contribution in [1.29, 1.82) is 0 Å². The van der Waals surface area contributed by atoms with Crippen molar-refractivity contribution >= 4 is 28.3 Å². The lowest BCUT2D eigenvalue weighted by Crippen LogP contribution is -2.24. The maximum atomic E-state index is 11.9. The average molecular weight is 387 g/mol. The molecule has 0 aliphatic carbocycles. The van der Waals surface area contributed by atoms with Gasteiger partial charge in [-0.3, -0.25) is 9.48 Å². The highest BCUT2D eigenvalue weighted by Gasteiger charge is 2.32. The molecule has 4 heterocycles. The Morgan fingerprint density at radius 3 is 2.96 bits per heavy atom. The number of nitrogens with zero attached hydrogens (tertiary/aromatic N) is 5. The molecular weight excluding hydrogens is 364 g/mol. The van der Waals surface area contributed by atoms with E-state index < -0.39 is 0 Å². The van der Waals surface area contributed by atoms with Gasteiger partial charge >= 0.3 is 0 Å². The van der Waals surface area contributed by atoms with Gasteiger partial charge in [-0.25, -0.2) is 9.97 Å². The molecule has 142 valence electrons. The zero-order valence-electron chi connectivity index (χ0n) is 15.7. The summed E-state index contributed by atoms with van der Waals surface area (Å²) >= 11 is 6.72. The minimum Gasteiger partial charge on any atom is -0.349 e. The van der Waals surface area contributed by atoms with E-state index in [1.54, 1.807) is 6.20 Å². The number of halogens is 1. The van der Waals surface area contributed by atoms with Gasteiger partial charge in [-0.2, -0.15) is 5.10 Å². The van der Waals surface area contributed by atoms with Crippen LogP contribution in [-0.4, -0.2) is 31.3 Å². The van der Waals surface area contributed by atoms with Crippen molar-refractivity contribution in [2.45, 2.75) is 46.2 Å². The van der Waals surface area contributed by atoms with E-state index in [-0.39, 0.29) is 11.6 Å². The van der Waals surface area contributed by atoms with Crippen LogP contribution < -0.4 is 10.5 Å². The summed E-state index contributed by atoms with van der Waals surface area (Å²) in [6.07, 6.45) is 5.07. The molecule has 1 N–H and O–H groups in total. The van der Waals surface area contributed by atoms with E-state index in [2.05, 4.69) is 38.8 Å². The van der Waals surface area contributed by atoms with Crippen molar-refractivity contribution in [3.8, 4) is 0 Å². The van der Waals surface area contributed by atoms with Gasteiger partial charge in [0.2, 0.25) is 0 Å². The van der Waals surface area contributed by atoms with Crippen LogP contribution in [0.2, 0.25) is 5.15 Å². The highest BCUT2D eigenvalue weighted by Crippen LogP contribution is 2.40. The number of aromatic nitrogens is 5. The number of pyridine rings is 1. The number of H-pyrrole nitrogens is 1. The minimum atomic E-state index is -0.175. The highest BCUT2D eigenvalue weighted by atomic mass is 35.5. The van der Waals surface area contributed by atoms with Gasteiger partial charge < -0.3 is 9.88 Å². The largest absolute Gasteiger partial charge is 0.349 e. The maximum Gasteiger partial charge on any atom is 0.260 e. The smallest absolute Gasteiger partial charge is 0.260 e. The van der Waals surface area contributed by atoms with Crippen LogP contribution in [0.15, 0.2) is 23.4 Å². The summed E-state index contributed by atoms with van der Waals surface area (Å²) in [4.78, 5) is 25.5. The topological polar surface area (TPSA) is 79.7 Å². The van der Waals surface area contributed by atoms with E-state index in [0.29, 0.717) is 22.0 Å². The third kappa shape index (κ3) is 3.20. The fraction of sp³-hybridized carbons (Fsp3) is 0.474. The molecule has 3 aromatic heterocycles. The summed E-state index contributed by atoms with van der Waals surface area (Å²) < 4.78 is 1.91. The predicted molar refractivity (Wildman–Crippen MR) is 106 cm³/mol. The Morgan fingerprint density at radius 1 is 1.37 bits per heavy atom. The molecule has 0 amide bonds. The molecule has 4 rings (SSSR count). The van der Waals surface area contributed by atoms with Crippen molar-refractivity contribution < 1.29 is 0 Å². The fourth-order valence-corrected chi connectivity index (χ4v) is 4.23. The number of rotatable bonds is 4. The number of nitrogens with one attached hydrogen (secondary N) is 1. The number of aryl methyl sites for hydroxylation is 1. The number of fused-ring (bicyclic) bond motifs is 1. The zero-order chi connectivity index (χ0) is 19.1. The van der Waals surface area contributed by atoms with E-state index in [0.717, 1.165) is 43.0 Å². The van der Waals surface area contributed by atoms with Gasteiger partial charge in [0.15, 0.2) is 0 Å². The Hall–Kier alpha value is -2.41. The van der Waals surface area contributed by atoms with Crippen LogP contribution in [0.1, 0.15) is 44.0 Å². The summed E-state index contributed by atoms with van der Waals surface area (Å²) in [6, 6.07) is 2.01. The molecule has 1 fully saturated rings. The summed E-state index contributed by atoms with van der Waals surface area (Å²) in [5.41, 5.74) is 2.52. The van der Waals surface area contributed by atoms with Crippen molar-refractivity contribution in [1.82, 2.24) is 24.7 Å². The van der Waals surface area contributed by atoms with E-state index in [1.165, 1.54) is 6.33 Å². The summed E-state index contributed by atoms with van der Waals surface area (Å²) in [5, 5.41) is 5.88. The molecule has 0 bridgehead atoms. The molecule has 0 aromatic carbocycles. The molecule has 8 heteroatoms. The summed E-state index contributed by atoms with van der Waals surface area (Å²) in [5.74, 6) is 1.29. The lowest BCUT2D eigenvalue weighted by atomic mass is 10.1. The molecule has 0 radical (unpaired) electrons. The molecule has 0 saturated carbocycles. The molecule has 1 unspecified atom stereocenters. The first kappa shape index (κ1) is 18.0. The lowest BCUT2D eigenvalue weighted by molar-refractivity contribution is 0.481. The normalized spacial score (nSPS) is 17.4. The summed E-state index contributed by atoms with van der Waals surface area (Å²) in [6.45, 7) is 8.01. The molecule has 1 saturated heterocycles. The van der Waals surface area contributed by atoms with Gasteiger partial charge in [-0.05, 0) is 25.7 Å². The first-order valence-electron chi connectivity index (χ1n) is 9.28. The van der Waals surface area contributed by atoms with Gasteiger partial charge in [0.1, 0.15) is 11.0 Å². The van der Waals surface area contributed by atoms with Crippen LogP contribution in [-0.2, 0) is 6.54 Å². The predicted octanol–water partition coefficient (Wildman–Crippen LogP) is 3.47. The van der Waals surface area contributed by atoms with Crippen molar-refractivity contribution in [2.24, 2.45) is 5.92 Å². The van der Waals surface area contributed by atoms with Crippen LogP contribution in [0.5, 0.6) is 0 Å². The van der Waals surface area contributed by atoms with E-state index >= 15 is 0 Å². The fourth-order valence-electron chi connectivity index (χ4n) is 3.86. The van der Waals surface area contributed by atoms with Crippen LogP contribution in [0, 0.1) is 12.8 Å². The van der Waals surface area contributed by atoms with E-state index in [4.69, 9.17) is 11.6 Å². The summed E-state index contributed by atoms with van der Waals surface area (Å²) in [7, 11) is 0. The number of anilines is 1. The van der Waals surface area contributed by atoms with Gasteiger partial charge in [0.25, 0.3) is 5.56 Å². The molecule has 1 aliphatic heterocycles. The Kier molecular flexibility index (Phi) is 4.63. The quantitative estimate of drug-likeness (QED) is 0.742. The Morgan fingerprint density at radius 2 is 2.19 bits per heavy atom. The second kappa shape index (κ2) is 6.96. The monoisotopic (exact) mass is 386 g/mol. The Labute approximate surface area is 162 Å². The van der Waals surface area contributed by atoms with E-state index in [1.807, 2.05) is 17.7 Å². The molecule has 3 aromatic rings. The maximum absolute atomic E-state index is 11.9.